The molecule has 1 aromatic rings. The molecule has 0 fully saturated rings. The topological polar surface area (TPSA) is 26.3 Å². The molecule has 1 rings (SSSR count). The van der Waals surface area contributed by atoms with Crippen LogP contribution in [-0.4, -0.2) is 29.9 Å². The Hall–Kier alpha value is -0.822. The second-order valence-corrected chi connectivity index (χ2v) is 3.53. The Morgan fingerprint density at radius 2 is 2.25 bits per heavy atom. The molecule has 0 N–H and O–H groups in total. The van der Waals surface area contributed by atoms with Crippen LogP contribution in [0.4, 0.5) is 4.39 Å². The zero-order valence-electron chi connectivity index (χ0n) is 6.50. The van der Waals surface area contributed by atoms with E-state index in [0.29, 0.717) is 5.56 Å². The number of hydrogen-bond donors (Lipinski definition) is 0. The van der Waals surface area contributed by atoms with E-state index in [1.165, 1.54) is 36.1 Å². The average molecular weight is 230 g/mol. The maximum atomic E-state index is 12.6. The predicted octanol–water partition coefficient (Wildman–Crippen LogP) is -0.129. The van der Waals surface area contributed by atoms with Gasteiger partial charge in [-0.2, -0.15) is 0 Å². The first-order valence-electron chi connectivity index (χ1n) is 3.28. The molecular formula is C8H8AsFO2. The minimum atomic E-state index is -0.492. The van der Waals surface area contributed by atoms with Gasteiger partial charge in [0.1, 0.15) is 0 Å². The van der Waals surface area contributed by atoms with Gasteiger partial charge in [0.15, 0.2) is 0 Å². The Morgan fingerprint density at radius 3 is 2.83 bits per heavy atom. The molecule has 0 heterocycles. The van der Waals surface area contributed by atoms with E-state index >= 15 is 0 Å². The number of ether oxygens (including phenoxy) is 1. The number of carbonyl (C=O) groups excluding carboxylic acids is 1. The van der Waals surface area contributed by atoms with E-state index in [-0.39, 0.29) is 0 Å². The molecule has 0 bridgehead atoms. The number of halogens is 1. The van der Waals surface area contributed by atoms with E-state index in [1.54, 1.807) is 6.07 Å². The maximum absolute atomic E-state index is 12.6. The van der Waals surface area contributed by atoms with Crippen molar-refractivity contribution in [1.29, 1.82) is 0 Å². The minimum absolute atomic E-state index is 0.303. The summed E-state index contributed by atoms with van der Waals surface area (Å²) < 4.78 is 17.9. The van der Waals surface area contributed by atoms with Crippen molar-refractivity contribution >= 4 is 27.2 Å². The van der Waals surface area contributed by atoms with Gasteiger partial charge in [0.25, 0.3) is 0 Å². The van der Waals surface area contributed by atoms with Crippen LogP contribution in [0.15, 0.2) is 18.2 Å². The summed E-state index contributed by atoms with van der Waals surface area (Å²) in [6, 6.07) is 4.08. The van der Waals surface area contributed by atoms with E-state index in [9.17, 15) is 9.18 Å². The summed E-state index contributed by atoms with van der Waals surface area (Å²) >= 11 is 1.27. The number of hydrogen-bond acceptors (Lipinski definition) is 2. The summed E-state index contributed by atoms with van der Waals surface area (Å²) in [5, 5.41) is 0. The molecule has 0 amide bonds. The number of methoxy groups -OCH3 is 1. The van der Waals surface area contributed by atoms with Crippen LogP contribution >= 0.6 is 0 Å². The van der Waals surface area contributed by atoms with Crippen molar-refractivity contribution in [2.24, 2.45) is 0 Å². The standard InChI is InChI=1S/C8H8AsFO2/c1-12-8(11)6-4-5(10)2-3-7(6)9/h2-4H,9H2,1H3. The van der Waals surface area contributed by atoms with Gasteiger partial charge in [-0.1, -0.05) is 0 Å². The molecule has 4 heteroatoms. The molecule has 0 radical (unpaired) electrons. The predicted molar refractivity (Wildman–Crippen MR) is 45.9 cm³/mol. The zero-order valence-corrected chi connectivity index (χ0v) is 8.93. The Balaban J connectivity index is 3.13. The first-order chi connectivity index (χ1) is 5.65. The van der Waals surface area contributed by atoms with Gasteiger partial charge >= 0.3 is 77.8 Å². The fraction of sp³-hybridized carbons (Fsp3) is 0.125. The van der Waals surface area contributed by atoms with Crippen molar-refractivity contribution in [3.8, 4) is 0 Å². The fourth-order valence-electron chi connectivity index (χ4n) is 0.815. The Kier molecular flexibility index (Phi) is 2.87. The second kappa shape index (κ2) is 3.72. The second-order valence-electron chi connectivity index (χ2n) is 2.22. The first-order valence-corrected chi connectivity index (χ1v) is 4.49. The van der Waals surface area contributed by atoms with Crippen LogP contribution in [0, 0.1) is 5.82 Å². The van der Waals surface area contributed by atoms with Crippen LogP contribution in [0.5, 0.6) is 0 Å². The van der Waals surface area contributed by atoms with Crippen LogP contribution in [0.25, 0.3) is 0 Å². The summed E-state index contributed by atoms with van der Waals surface area (Å²) in [4.78, 5) is 11.0. The molecule has 0 saturated carbocycles. The Morgan fingerprint density at radius 1 is 1.58 bits per heavy atom. The summed E-state index contributed by atoms with van der Waals surface area (Å²) in [6.45, 7) is 0. The number of benzene rings is 1. The van der Waals surface area contributed by atoms with Crippen molar-refractivity contribution < 1.29 is 13.9 Å². The molecular weight excluding hydrogens is 222 g/mol. The van der Waals surface area contributed by atoms with Crippen molar-refractivity contribution in [1.82, 2.24) is 0 Å². The molecule has 0 aliphatic carbocycles. The monoisotopic (exact) mass is 230 g/mol. The van der Waals surface area contributed by atoms with Crippen LogP contribution < -0.4 is 4.35 Å². The number of carbonyl (C=O) groups is 1. The van der Waals surface area contributed by atoms with Crippen LogP contribution in [-0.2, 0) is 4.74 Å². The van der Waals surface area contributed by atoms with E-state index in [0.717, 1.165) is 4.35 Å². The number of rotatable bonds is 1. The third-order valence-corrected chi connectivity index (χ3v) is 2.48. The molecule has 1 aromatic carbocycles. The molecule has 1 unspecified atom stereocenters. The number of esters is 1. The van der Waals surface area contributed by atoms with Gasteiger partial charge in [-0.3, -0.25) is 0 Å². The Labute approximate surface area is 78.2 Å². The van der Waals surface area contributed by atoms with Gasteiger partial charge in [0.05, 0.1) is 0 Å². The van der Waals surface area contributed by atoms with Gasteiger partial charge in [-0.15, -0.1) is 0 Å². The molecule has 0 aromatic heterocycles. The van der Waals surface area contributed by atoms with Crippen molar-refractivity contribution in [2.75, 3.05) is 7.11 Å². The molecule has 1 atom stereocenters. The molecule has 12 heavy (non-hydrogen) atoms. The quantitative estimate of drug-likeness (QED) is 0.496. The van der Waals surface area contributed by atoms with Crippen molar-refractivity contribution in [3.05, 3.63) is 29.6 Å². The van der Waals surface area contributed by atoms with E-state index in [1.807, 2.05) is 0 Å². The summed E-state index contributed by atoms with van der Waals surface area (Å²) in [5.41, 5.74) is 0.303. The van der Waals surface area contributed by atoms with Gasteiger partial charge in [0.2, 0.25) is 0 Å². The van der Waals surface area contributed by atoms with Crippen LogP contribution in [0.2, 0.25) is 0 Å². The SMILES string of the molecule is COC(=O)c1cc(F)ccc1[AsH2]. The fourth-order valence-corrected chi connectivity index (χ4v) is 1.44. The van der Waals surface area contributed by atoms with E-state index in [4.69, 9.17) is 0 Å². The van der Waals surface area contributed by atoms with Gasteiger partial charge in [0, 0.05) is 0 Å². The molecule has 0 aliphatic heterocycles. The average Bonchev–Trinajstić information content (AvgIpc) is 2.08. The zero-order chi connectivity index (χ0) is 9.14. The molecule has 0 saturated heterocycles. The normalized spacial score (nSPS) is 9.58. The molecule has 2 nitrogen and oxygen atoms in total. The molecule has 0 spiro atoms. The third kappa shape index (κ3) is 1.86. The van der Waals surface area contributed by atoms with Crippen LogP contribution in [0.1, 0.15) is 10.4 Å². The molecule has 0 aliphatic rings. The van der Waals surface area contributed by atoms with Crippen LogP contribution in [0.3, 0.4) is 0 Å². The summed E-state index contributed by atoms with van der Waals surface area (Å²) in [7, 11) is 1.28. The van der Waals surface area contributed by atoms with Gasteiger partial charge in [-0.05, 0) is 0 Å². The van der Waals surface area contributed by atoms with Gasteiger partial charge < -0.3 is 0 Å². The van der Waals surface area contributed by atoms with Crippen molar-refractivity contribution in [3.63, 3.8) is 0 Å². The Bertz CT molecular complexity index is 312. The van der Waals surface area contributed by atoms with Crippen molar-refractivity contribution in [2.45, 2.75) is 0 Å². The first kappa shape index (κ1) is 9.27. The summed E-state index contributed by atoms with van der Waals surface area (Å²) in [6.07, 6.45) is 0. The molecule has 64 valence electrons. The van der Waals surface area contributed by atoms with E-state index in [2.05, 4.69) is 4.74 Å². The summed E-state index contributed by atoms with van der Waals surface area (Å²) in [5.74, 6) is -0.911. The van der Waals surface area contributed by atoms with Gasteiger partial charge in [-0.25, -0.2) is 0 Å². The van der Waals surface area contributed by atoms with E-state index < -0.39 is 11.8 Å². The third-order valence-electron chi connectivity index (χ3n) is 1.42.